The number of Topliss-reactive ketones (excluding diaryl/α,β-unsaturated/α-hetero) is 1. The number of ketones is 1. The van der Waals surface area contributed by atoms with Crippen molar-refractivity contribution in [2.75, 3.05) is 7.11 Å². The number of carbonyl (C=O) groups is 1. The monoisotopic (exact) mass is 300 g/mol. The quantitative estimate of drug-likeness (QED) is 0.771. The van der Waals surface area contributed by atoms with Gasteiger partial charge in [0.25, 0.3) is 0 Å². The molecule has 21 heavy (non-hydrogen) atoms. The van der Waals surface area contributed by atoms with Gasteiger partial charge in [0.1, 0.15) is 5.75 Å². The van der Waals surface area contributed by atoms with Crippen LogP contribution in [0.4, 0.5) is 0 Å². The Bertz CT molecular complexity index is 679. The summed E-state index contributed by atoms with van der Waals surface area (Å²) in [6, 6.07) is 13.4. The van der Waals surface area contributed by atoms with Gasteiger partial charge >= 0.3 is 0 Å². The lowest BCUT2D eigenvalue weighted by Gasteiger charge is -2.25. The molecule has 0 heterocycles. The van der Waals surface area contributed by atoms with Crippen molar-refractivity contribution in [3.05, 3.63) is 64.2 Å². The average Bonchev–Trinajstić information content (AvgIpc) is 2.53. The highest BCUT2D eigenvalue weighted by Crippen LogP contribution is 2.36. The van der Waals surface area contributed by atoms with Crippen LogP contribution >= 0.6 is 11.6 Å². The SMILES string of the molecule is COc1ccc(Cl)cc1C(=O)C1CCCc2ccccc21. The average molecular weight is 301 g/mol. The number of methoxy groups -OCH3 is 1. The predicted molar refractivity (Wildman–Crippen MR) is 84.5 cm³/mol. The van der Waals surface area contributed by atoms with Gasteiger partial charge in [-0.25, -0.2) is 0 Å². The number of ether oxygens (including phenoxy) is 1. The van der Waals surface area contributed by atoms with Crippen LogP contribution < -0.4 is 4.74 Å². The van der Waals surface area contributed by atoms with E-state index in [1.54, 1.807) is 25.3 Å². The largest absolute Gasteiger partial charge is 0.496 e. The molecule has 0 amide bonds. The molecule has 3 rings (SSSR count). The molecule has 0 saturated heterocycles. The Hall–Kier alpha value is -1.80. The van der Waals surface area contributed by atoms with E-state index in [0.717, 1.165) is 24.8 Å². The number of rotatable bonds is 3. The second-order valence-corrected chi connectivity index (χ2v) is 5.79. The van der Waals surface area contributed by atoms with E-state index in [2.05, 4.69) is 12.1 Å². The second kappa shape index (κ2) is 5.90. The molecule has 2 aromatic carbocycles. The van der Waals surface area contributed by atoms with Crippen LogP contribution in [0.2, 0.25) is 5.02 Å². The summed E-state index contributed by atoms with van der Waals surface area (Å²) in [5.41, 5.74) is 3.01. The van der Waals surface area contributed by atoms with Gasteiger partial charge in [-0.15, -0.1) is 0 Å². The molecule has 0 radical (unpaired) electrons. The van der Waals surface area contributed by atoms with Gasteiger partial charge < -0.3 is 4.74 Å². The fourth-order valence-corrected chi connectivity index (χ4v) is 3.26. The van der Waals surface area contributed by atoms with Crippen molar-refractivity contribution in [3.63, 3.8) is 0 Å². The zero-order valence-corrected chi connectivity index (χ0v) is 12.7. The molecule has 1 aliphatic carbocycles. The molecule has 1 unspecified atom stereocenters. The normalized spacial score (nSPS) is 17.1. The highest BCUT2D eigenvalue weighted by molar-refractivity contribution is 6.31. The van der Waals surface area contributed by atoms with Gasteiger partial charge in [-0.05, 0) is 48.6 Å². The lowest BCUT2D eigenvalue weighted by atomic mass is 9.79. The molecule has 2 aromatic rings. The van der Waals surface area contributed by atoms with E-state index in [1.165, 1.54) is 5.56 Å². The summed E-state index contributed by atoms with van der Waals surface area (Å²) in [6.07, 6.45) is 2.97. The molecule has 0 bridgehead atoms. The first-order valence-corrected chi connectivity index (χ1v) is 7.54. The van der Waals surface area contributed by atoms with Gasteiger partial charge in [0.15, 0.2) is 5.78 Å². The number of hydrogen-bond acceptors (Lipinski definition) is 2. The third-order valence-electron chi connectivity index (χ3n) is 4.11. The lowest BCUT2D eigenvalue weighted by molar-refractivity contribution is 0.0948. The molecule has 0 fully saturated rings. The number of aryl methyl sites for hydroxylation is 1. The zero-order valence-electron chi connectivity index (χ0n) is 11.9. The molecule has 0 N–H and O–H groups in total. The molecule has 1 atom stereocenters. The first-order chi connectivity index (χ1) is 10.2. The molecule has 3 heteroatoms. The molecule has 0 saturated carbocycles. The molecular weight excluding hydrogens is 284 g/mol. The van der Waals surface area contributed by atoms with Crippen LogP contribution in [0.5, 0.6) is 5.75 Å². The number of halogens is 1. The predicted octanol–water partition coefficient (Wildman–Crippen LogP) is 4.65. The number of benzene rings is 2. The summed E-state index contributed by atoms with van der Waals surface area (Å²) >= 11 is 6.05. The minimum atomic E-state index is -0.0951. The number of carbonyl (C=O) groups excluding carboxylic acids is 1. The van der Waals surface area contributed by atoms with Crippen molar-refractivity contribution >= 4 is 17.4 Å². The highest BCUT2D eigenvalue weighted by atomic mass is 35.5. The van der Waals surface area contributed by atoms with Crippen LogP contribution in [0.1, 0.15) is 40.2 Å². The fraction of sp³-hybridized carbons (Fsp3) is 0.278. The van der Waals surface area contributed by atoms with Crippen LogP contribution in [0.3, 0.4) is 0 Å². The molecular formula is C18H17ClO2. The van der Waals surface area contributed by atoms with E-state index < -0.39 is 0 Å². The van der Waals surface area contributed by atoms with Gasteiger partial charge in [0.05, 0.1) is 12.7 Å². The van der Waals surface area contributed by atoms with Crippen molar-refractivity contribution < 1.29 is 9.53 Å². The summed E-state index contributed by atoms with van der Waals surface area (Å²) in [5.74, 6) is 0.594. The van der Waals surface area contributed by atoms with Crippen molar-refractivity contribution in [1.82, 2.24) is 0 Å². The Morgan fingerprint density at radius 1 is 1.24 bits per heavy atom. The minimum Gasteiger partial charge on any atom is -0.496 e. The summed E-state index contributed by atoms with van der Waals surface area (Å²) in [4.78, 5) is 13.0. The summed E-state index contributed by atoms with van der Waals surface area (Å²) in [6.45, 7) is 0. The van der Waals surface area contributed by atoms with Crippen LogP contribution in [0.25, 0.3) is 0 Å². The molecule has 2 nitrogen and oxygen atoms in total. The summed E-state index contributed by atoms with van der Waals surface area (Å²) < 4.78 is 5.32. The van der Waals surface area contributed by atoms with Gasteiger partial charge in [-0.1, -0.05) is 35.9 Å². The van der Waals surface area contributed by atoms with Crippen LogP contribution in [-0.2, 0) is 6.42 Å². The lowest BCUT2D eigenvalue weighted by Crippen LogP contribution is -2.19. The maximum Gasteiger partial charge on any atom is 0.174 e. The molecule has 108 valence electrons. The van der Waals surface area contributed by atoms with E-state index in [-0.39, 0.29) is 11.7 Å². The third-order valence-corrected chi connectivity index (χ3v) is 4.35. The van der Waals surface area contributed by atoms with Gasteiger partial charge in [-0.3, -0.25) is 4.79 Å². The van der Waals surface area contributed by atoms with Crippen LogP contribution in [-0.4, -0.2) is 12.9 Å². The van der Waals surface area contributed by atoms with Crippen molar-refractivity contribution in [2.24, 2.45) is 0 Å². The van der Waals surface area contributed by atoms with E-state index in [0.29, 0.717) is 16.3 Å². The third kappa shape index (κ3) is 2.68. The molecule has 0 aromatic heterocycles. The Labute approximate surface area is 129 Å². The maximum absolute atomic E-state index is 13.0. The topological polar surface area (TPSA) is 26.3 Å². The Morgan fingerprint density at radius 3 is 2.86 bits per heavy atom. The van der Waals surface area contributed by atoms with Gasteiger partial charge in [0.2, 0.25) is 0 Å². The van der Waals surface area contributed by atoms with Gasteiger partial charge in [0, 0.05) is 10.9 Å². The highest BCUT2D eigenvalue weighted by Gasteiger charge is 2.28. The summed E-state index contributed by atoms with van der Waals surface area (Å²) in [7, 11) is 1.58. The smallest absolute Gasteiger partial charge is 0.174 e. The minimum absolute atomic E-state index is 0.0951. The van der Waals surface area contributed by atoms with E-state index in [1.807, 2.05) is 12.1 Å². The Morgan fingerprint density at radius 2 is 2.05 bits per heavy atom. The van der Waals surface area contributed by atoms with Crippen LogP contribution in [0, 0.1) is 0 Å². The number of fused-ring (bicyclic) bond motifs is 1. The standard InChI is InChI=1S/C18H17ClO2/c1-21-17-10-9-13(19)11-16(17)18(20)15-8-4-6-12-5-2-3-7-14(12)15/h2-3,5,7,9-11,15H,4,6,8H2,1H3. The first-order valence-electron chi connectivity index (χ1n) is 7.16. The second-order valence-electron chi connectivity index (χ2n) is 5.35. The van der Waals surface area contributed by atoms with Crippen molar-refractivity contribution in [3.8, 4) is 5.75 Å². The number of hydrogen-bond donors (Lipinski definition) is 0. The summed E-state index contributed by atoms with van der Waals surface area (Å²) in [5, 5.41) is 0.559. The Balaban J connectivity index is 2.02. The first kappa shape index (κ1) is 14.2. The molecule has 0 spiro atoms. The molecule has 0 aliphatic heterocycles. The van der Waals surface area contributed by atoms with E-state index in [4.69, 9.17) is 16.3 Å². The fourth-order valence-electron chi connectivity index (χ4n) is 3.09. The van der Waals surface area contributed by atoms with E-state index in [9.17, 15) is 4.79 Å². The van der Waals surface area contributed by atoms with Gasteiger partial charge in [-0.2, -0.15) is 0 Å². The van der Waals surface area contributed by atoms with E-state index >= 15 is 0 Å². The molecule has 1 aliphatic rings. The van der Waals surface area contributed by atoms with Crippen LogP contribution in [0.15, 0.2) is 42.5 Å². The zero-order chi connectivity index (χ0) is 14.8. The van der Waals surface area contributed by atoms with Crippen molar-refractivity contribution in [1.29, 1.82) is 0 Å². The van der Waals surface area contributed by atoms with Crippen molar-refractivity contribution in [2.45, 2.75) is 25.2 Å². The maximum atomic E-state index is 13.0. The Kier molecular flexibility index (Phi) is 3.98.